The van der Waals surface area contributed by atoms with E-state index in [0.717, 1.165) is 37.8 Å². The van der Waals surface area contributed by atoms with Gasteiger partial charge in [0, 0.05) is 32.9 Å². The zero-order valence-electron chi connectivity index (χ0n) is 12.9. The molecular weight excluding hydrogens is 238 g/mol. The average molecular weight is 265 g/mol. The molecule has 0 saturated heterocycles. The summed E-state index contributed by atoms with van der Waals surface area (Å²) >= 11 is 0. The van der Waals surface area contributed by atoms with Crippen molar-refractivity contribution >= 4 is 5.82 Å². The van der Waals surface area contributed by atoms with Gasteiger partial charge in [-0.1, -0.05) is 19.9 Å². The largest absolute Gasteiger partial charge is 0.383 e. The van der Waals surface area contributed by atoms with E-state index in [9.17, 15) is 0 Å². The van der Waals surface area contributed by atoms with Crippen LogP contribution in [0.5, 0.6) is 0 Å². The van der Waals surface area contributed by atoms with Crippen LogP contribution in [0, 0.1) is 12.8 Å². The Morgan fingerprint density at radius 1 is 1.37 bits per heavy atom. The van der Waals surface area contributed by atoms with Crippen molar-refractivity contribution in [3.8, 4) is 0 Å². The predicted octanol–water partition coefficient (Wildman–Crippen LogP) is 2.22. The lowest BCUT2D eigenvalue weighted by molar-refractivity contribution is 0.206. The van der Waals surface area contributed by atoms with Crippen LogP contribution in [0.3, 0.4) is 0 Å². The molecule has 0 atom stereocenters. The summed E-state index contributed by atoms with van der Waals surface area (Å²) in [5, 5.41) is 3.45. The van der Waals surface area contributed by atoms with Gasteiger partial charge in [0.15, 0.2) is 0 Å². The van der Waals surface area contributed by atoms with Crippen LogP contribution < -0.4 is 10.2 Å². The quantitative estimate of drug-likeness (QED) is 0.782. The Balaban J connectivity index is 2.58. The molecule has 0 spiro atoms. The van der Waals surface area contributed by atoms with Gasteiger partial charge in [-0.15, -0.1) is 0 Å². The molecule has 108 valence electrons. The minimum atomic E-state index is 0.674. The molecule has 1 aromatic rings. The zero-order chi connectivity index (χ0) is 14.3. The van der Waals surface area contributed by atoms with Crippen molar-refractivity contribution in [3.63, 3.8) is 0 Å². The highest BCUT2D eigenvalue weighted by molar-refractivity contribution is 5.40. The first-order valence-corrected chi connectivity index (χ1v) is 6.92. The molecule has 0 aliphatic rings. The van der Waals surface area contributed by atoms with E-state index >= 15 is 0 Å². The fourth-order valence-corrected chi connectivity index (χ4v) is 1.81. The number of pyridine rings is 1. The van der Waals surface area contributed by atoms with E-state index in [1.54, 1.807) is 7.11 Å². The first-order valence-electron chi connectivity index (χ1n) is 6.92. The number of nitrogens with one attached hydrogen (secondary N) is 1. The molecule has 0 fully saturated rings. The van der Waals surface area contributed by atoms with Gasteiger partial charge in [0.1, 0.15) is 5.82 Å². The minimum absolute atomic E-state index is 0.674. The number of hydrogen-bond donors (Lipinski definition) is 1. The molecule has 0 radical (unpaired) electrons. The third-order valence-electron chi connectivity index (χ3n) is 3.07. The second-order valence-corrected chi connectivity index (χ2v) is 5.35. The number of aryl methyl sites for hydroxylation is 1. The Hall–Kier alpha value is -1.13. The van der Waals surface area contributed by atoms with Crippen LogP contribution in [-0.2, 0) is 11.3 Å². The second kappa shape index (κ2) is 8.12. The molecule has 19 heavy (non-hydrogen) atoms. The van der Waals surface area contributed by atoms with E-state index in [1.807, 2.05) is 7.05 Å². The molecule has 4 nitrogen and oxygen atoms in total. The van der Waals surface area contributed by atoms with Crippen LogP contribution in [0.2, 0.25) is 0 Å². The van der Waals surface area contributed by atoms with Crippen LogP contribution in [0.15, 0.2) is 12.1 Å². The SMILES string of the molecule is COCCN(C)c1ccc(CNCC(C)C)c(C)n1. The van der Waals surface area contributed by atoms with E-state index in [4.69, 9.17) is 4.74 Å². The maximum absolute atomic E-state index is 5.08. The number of anilines is 1. The van der Waals surface area contributed by atoms with Crippen molar-refractivity contribution in [2.45, 2.75) is 27.3 Å². The number of rotatable bonds is 8. The zero-order valence-corrected chi connectivity index (χ0v) is 12.9. The Morgan fingerprint density at radius 2 is 2.11 bits per heavy atom. The summed E-state index contributed by atoms with van der Waals surface area (Å²) < 4.78 is 5.08. The normalized spacial score (nSPS) is 11.1. The summed E-state index contributed by atoms with van der Waals surface area (Å²) in [6, 6.07) is 4.24. The summed E-state index contributed by atoms with van der Waals surface area (Å²) in [6.07, 6.45) is 0. The molecule has 1 rings (SSSR count). The van der Waals surface area contributed by atoms with Gasteiger partial charge in [-0.05, 0) is 31.0 Å². The molecule has 1 aromatic heterocycles. The van der Waals surface area contributed by atoms with E-state index in [2.05, 4.69) is 48.1 Å². The van der Waals surface area contributed by atoms with Crippen molar-refractivity contribution in [2.75, 3.05) is 38.8 Å². The van der Waals surface area contributed by atoms with Crippen molar-refractivity contribution in [2.24, 2.45) is 5.92 Å². The summed E-state index contributed by atoms with van der Waals surface area (Å²) in [4.78, 5) is 6.77. The van der Waals surface area contributed by atoms with Crippen molar-refractivity contribution in [3.05, 3.63) is 23.4 Å². The van der Waals surface area contributed by atoms with Crippen LogP contribution in [-0.4, -0.2) is 38.8 Å². The Bertz CT molecular complexity index is 380. The topological polar surface area (TPSA) is 37.4 Å². The molecule has 0 saturated carbocycles. The number of nitrogens with zero attached hydrogens (tertiary/aromatic N) is 2. The predicted molar refractivity (Wildman–Crippen MR) is 80.7 cm³/mol. The van der Waals surface area contributed by atoms with Gasteiger partial charge in [0.25, 0.3) is 0 Å². The molecule has 1 heterocycles. The van der Waals surface area contributed by atoms with Gasteiger partial charge in [-0.2, -0.15) is 0 Å². The van der Waals surface area contributed by atoms with Gasteiger partial charge in [-0.3, -0.25) is 0 Å². The lowest BCUT2D eigenvalue weighted by atomic mass is 10.2. The van der Waals surface area contributed by atoms with Gasteiger partial charge in [0.2, 0.25) is 0 Å². The number of ether oxygens (including phenoxy) is 1. The minimum Gasteiger partial charge on any atom is -0.383 e. The van der Waals surface area contributed by atoms with Crippen molar-refractivity contribution in [1.82, 2.24) is 10.3 Å². The Morgan fingerprint density at radius 3 is 2.68 bits per heavy atom. The molecular formula is C15H27N3O. The number of hydrogen-bond acceptors (Lipinski definition) is 4. The smallest absolute Gasteiger partial charge is 0.128 e. The molecule has 1 N–H and O–H groups in total. The molecule has 0 aliphatic heterocycles. The average Bonchev–Trinajstić information content (AvgIpc) is 2.37. The first-order chi connectivity index (χ1) is 9.04. The summed E-state index contributed by atoms with van der Waals surface area (Å²) in [7, 11) is 3.76. The molecule has 0 aromatic carbocycles. The standard InChI is InChI=1S/C15H27N3O/c1-12(2)10-16-11-14-6-7-15(17-13(14)3)18(4)8-9-19-5/h6-7,12,16H,8-11H2,1-5H3. The Labute approximate surface area is 117 Å². The Kier molecular flexibility index (Phi) is 6.81. The fourth-order valence-electron chi connectivity index (χ4n) is 1.81. The fraction of sp³-hybridized carbons (Fsp3) is 0.667. The van der Waals surface area contributed by atoms with Crippen LogP contribution in [0.25, 0.3) is 0 Å². The van der Waals surface area contributed by atoms with Crippen LogP contribution in [0.4, 0.5) is 5.82 Å². The van der Waals surface area contributed by atoms with Gasteiger partial charge in [-0.25, -0.2) is 4.98 Å². The number of methoxy groups -OCH3 is 1. The number of aromatic nitrogens is 1. The highest BCUT2D eigenvalue weighted by atomic mass is 16.5. The van der Waals surface area contributed by atoms with Crippen molar-refractivity contribution < 1.29 is 4.74 Å². The summed E-state index contributed by atoms with van der Waals surface area (Å²) in [5.74, 6) is 1.68. The van der Waals surface area contributed by atoms with Crippen LogP contribution in [0.1, 0.15) is 25.1 Å². The van der Waals surface area contributed by atoms with E-state index in [-0.39, 0.29) is 0 Å². The van der Waals surface area contributed by atoms with E-state index < -0.39 is 0 Å². The molecule has 0 unspecified atom stereocenters. The molecule has 4 heteroatoms. The monoisotopic (exact) mass is 265 g/mol. The van der Waals surface area contributed by atoms with Gasteiger partial charge in [0.05, 0.1) is 6.61 Å². The van der Waals surface area contributed by atoms with Crippen LogP contribution >= 0.6 is 0 Å². The third kappa shape index (κ3) is 5.57. The lowest BCUT2D eigenvalue weighted by Crippen LogP contribution is -2.24. The van der Waals surface area contributed by atoms with Gasteiger partial charge < -0.3 is 15.0 Å². The molecule has 0 amide bonds. The maximum atomic E-state index is 5.08. The van der Waals surface area contributed by atoms with Gasteiger partial charge >= 0.3 is 0 Å². The first kappa shape index (κ1) is 15.9. The summed E-state index contributed by atoms with van der Waals surface area (Å²) in [6.45, 7) is 9.99. The summed E-state index contributed by atoms with van der Waals surface area (Å²) in [5.41, 5.74) is 2.36. The third-order valence-corrected chi connectivity index (χ3v) is 3.07. The van der Waals surface area contributed by atoms with E-state index in [1.165, 1.54) is 5.56 Å². The highest BCUT2D eigenvalue weighted by Gasteiger charge is 2.06. The van der Waals surface area contributed by atoms with E-state index in [0.29, 0.717) is 5.92 Å². The maximum Gasteiger partial charge on any atom is 0.128 e. The lowest BCUT2D eigenvalue weighted by Gasteiger charge is -2.19. The second-order valence-electron chi connectivity index (χ2n) is 5.35. The molecule has 0 aliphatic carbocycles. The molecule has 0 bridgehead atoms. The van der Waals surface area contributed by atoms with Crippen molar-refractivity contribution in [1.29, 1.82) is 0 Å². The number of likely N-dealkylation sites (N-methyl/N-ethyl adjacent to an activating group) is 1. The highest BCUT2D eigenvalue weighted by Crippen LogP contribution is 2.13.